The van der Waals surface area contributed by atoms with Gasteiger partial charge in [0, 0.05) is 11.3 Å². The number of nitrogens with zero attached hydrogens (tertiary/aromatic N) is 3. The van der Waals surface area contributed by atoms with Crippen LogP contribution < -0.4 is 21.3 Å². The molecule has 9 nitrogen and oxygen atoms in total. The number of nitrogens with one attached hydrogen (secondary N) is 2. The molecule has 160 valence electrons. The van der Waals surface area contributed by atoms with E-state index in [4.69, 9.17) is 44.8 Å². The van der Waals surface area contributed by atoms with Crippen LogP contribution in [0.4, 0.5) is 5.69 Å². The lowest BCUT2D eigenvalue weighted by Crippen LogP contribution is -2.33. The van der Waals surface area contributed by atoms with Crippen molar-refractivity contribution in [3.8, 4) is 23.3 Å². The maximum absolute atomic E-state index is 12.3. The van der Waals surface area contributed by atoms with Crippen molar-refractivity contribution in [3.05, 3.63) is 71.4 Å². The number of ether oxygens (including phenoxy) is 1. The Labute approximate surface area is 194 Å². The van der Waals surface area contributed by atoms with Crippen LogP contribution in [0, 0.1) is 11.3 Å². The molecule has 5 rings (SSSR count). The minimum absolute atomic E-state index is 0.0257. The topological polar surface area (TPSA) is 130 Å². The van der Waals surface area contributed by atoms with Crippen LogP contribution in [0.25, 0.3) is 5.69 Å². The number of aromatic nitrogens is 3. The van der Waals surface area contributed by atoms with Crippen LogP contribution >= 0.6 is 34.8 Å². The highest BCUT2D eigenvalue weighted by Gasteiger charge is 2.57. The fraction of sp³-hybridized carbons (Fsp3) is 0.150. The Morgan fingerprint density at radius 3 is 2.44 bits per heavy atom. The predicted molar refractivity (Wildman–Crippen MR) is 116 cm³/mol. The number of carbonyl (C=O) groups is 1. The van der Waals surface area contributed by atoms with Gasteiger partial charge in [0.2, 0.25) is 11.6 Å². The lowest BCUT2D eigenvalue weighted by atomic mass is 9.97. The first-order chi connectivity index (χ1) is 15.2. The van der Waals surface area contributed by atoms with Gasteiger partial charge in [-0.05, 0) is 37.1 Å². The molecule has 1 aromatic heterocycles. The maximum Gasteiger partial charge on any atom is 0.349 e. The standard InChI is InChI=1S/C20H10Cl3N5O4/c21-9-5-8(28-19(31)26-17(29)12(7-24)27-28)6-10(22)16(9)32-13-2-1-11-14(15(13)23)20(3-4-20)18(30)25-11/h1-2,5-6H,3-4H2,(H,25,30)(H,26,29,31). The van der Waals surface area contributed by atoms with Crippen molar-refractivity contribution in [3.63, 3.8) is 0 Å². The molecule has 1 spiro atoms. The molecular formula is C20H10Cl3N5O4. The summed E-state index contributed by atoms with van der Waals surface area (Å²) in [6.45, 7) is 0. The number of hydrogen-bond donors (Lipinski definition) is 2. The molecule has 0 radical (unpaired) electrons. The summed E-state index contributed by atoms with van der Waals surface area (Å²) in [5.41, 5.74) is -1.44. The van der Waals surface area contributed by atoms with Gasteiger partial charge in [-0.1, -0.05) is 34.8 Å². The first-order valence-electron chi connectivity index (χ1n) is 9.20. The van der Waals surface area contributed by atoms with E-state index < -0.39 is 22.4 Å². The van der Waals surface area contributed by atoms with Crippen LogP contribution in [0.5, 0.6) is 11.5 Å². The van der Waals surface area contributed by atoms with Crippen LogP contribution in [0.15, 0.2) is 33.9 Å². The molecule has 1 aliphatic carbocycles. The van der Waals surface area contributed by atoms with E-state index in [-0.39, 0.29) is 38.2 Å². The lowest BCUT2D eigenvalue weighted by molar-refractivity contribution is -0.117. The number of aromatic amines is 1. The fourth-order valence-corrected chi connectivity index (χ4v) is 4.63. The molecule has 2 aliphatic rings. The van der Waals surface area contributed by atoms with Crippen molar-refractivity contribution in [2.45, 2.75) is 18.3 Å². The van der Waals surface area contributed by atoms with Crippen molar-refractivity contribution in [2.24, 2.45) is 0 Å². The summed E-state index contributed by atoms with van der Waals surface area (Å²) in [6, 6.07) is 7.57. The van der Waals surface area contributed by atoms with E-state index in [1.807, 2.05) is 4.98 Å². The van der Waals surface area contributed by atoms with Gasteiger partial charge in [-0.3, -0.25) is 14.6 Å². The van der Waals surface area contributed by atoms with Crippen molar-refractivity contribution < 1.29 is 9.53 Å². The first kappa shape index (κ1) is 20.6. The van der Waals surface area contributed by atoms with Gasteiger partial charge in [-0.2, -0.15) is 9.94 Å². The first-order valence-corrected chi connectivity index (χ1v) is 10.3. The second-order valence-corrected chi connectivity index (χ2v) is 8.50. The van der Waals surface area contributed by atoms with Gasteiger partial charge in [0.25, 0.3) is 5.56 Å². The van der Waals surface area contributed by atoms with Crippen LogP contribution in [0.2, 0.25) is 15.1 Å². The number of anilines is 1. The molecule has 0 atom stereocenters. The third-order valence-corrected chi connectivity index (χ3v) is 6.33. The van der Waals surface area contributed by atoms with Gasteiger partial charge in [0.15, 0.2) is 5.75 Å². The molecular weight excluding hydrogens is 481 g/mol. The molecule has 0 bridgehead atoms. The zero-order valence-electron chi connectivity index (χ0n) is 15.8. The van der Waals surface area contributed by atoms with E-state index in [1.165, 1.54) is 12.1 Å². The largest absolute Gasteiger partial charge is 0.453 e. The van der Waals surface area contributed by atoms with E-state index in [9.17, 15) is 14.4 Å². The second kappa shape index (κ2) is 7.10. The van der Waals surface area contributed by atoms with Crippen LogP contribution in [0.3, 0.4) is 0 Å². The molecule has 2 N–H and O–H groups in total. The number of H-pyrrole nitrogens is 1. The van der Waals surface area contributed by atoms with Crippen LogP contribution in [0.1, 0.15) is 24.1 Å². The Bertz CT molecular complexity index is 1480. The van der Waals surface area contributed by atoms with Crippen molar-refractivity contribution >= 4 is 46.4 Å². The molecule has 0 unspecified atom stereocenters. The number of carbonyl (C=O) groups excluding carboxylic acids is 1. The van der Waals surface area contributed by atoms with E-state index in [0.29, 0.717) is 24.1 Å². The molecule has 1 aliphatic heterocycles. The molecule has 1 amide bonds. The van der Waals surface area contributed by atoms with Crippen molar-refractivity contribution in [1.82, 2.24) is 14.8 Å². The van der Waals surface area contributed by atoms with Gasteiger partial charge < -0.3 is 10.1 Å². The normalized spacial score (nSPS) is 15.2. The average Bonchev–Trinajstić information content (AvgIpc) is 3.48. The van der Waals surface area contributed by atoms with Gasteiger partial charge in [-0.25, -0.2) is 4.79 Å². The molecule has 12 heteroatoms. The Kier molecular flexibility index (Phi) is 4.57. The quantitative estimate of drug-likeness (QED) is 0.578. The minimum atomic E-state index is -0.904. The summed E-state index contributed by atoms with van der Waals surface area (Å²) in [5.74, 6) is 0.248. The number of hydrogen-bond acceptors (Lipinski definition) is 6. The summed E-state index contributed by atoms with van der Waals surface area (Å²) in [5, 5.41) is 15.9. The van der Waals surface area contributed by atoms with E-state index >= 15 is 0 Å². The SMILES string of the molecule is N#Cc1nn(-c2cc(Cl)c(Oc3ccc4c(c3Cl)C3(CC3)C(=O)N4)c(Cl)c2)c(=O)[nH]c1=O. The van der Waals surface area contributed by atoms with Crippen LogP contribution in [-0.4, -0.2) is 20.7 Å². The number of rotatable bonds is 3. The minimum Gasteiger partial charge on any atom is -0.453 e. The maximum atomic E-state index is 12.3. The molecule has 1 fully saturated rings. The zero-order valence-corrected chi connectivity index (χ0v) is 18.1. The highest BCUT2D eigenvalue weighted by Crippen LogP contribution is 2.59. The average molecular weight is 491 g/mol. The Morgan fingerprint density at radius 2 is 1.81 bits per heavy atom. The van der Waals surface area contributed by atoms with Gasteiger partial charge in [-0.15, -0.1) is 5.10 Å². The highest BCUT2D eigenvalue weighted by atomic mass is 35.5. The molecule has 1 saturated carbocycles. The number of benzene rings is 2. The zero-order chi connectivity index (χ0) is 22.8. The Hall–Kier alpha value is -3.32. The molecule has 3 aromatic rings. The Balaban J connectivity index is 1.55. The van der Waals surface area contributed by atoms with Crippen molar-refractivity contribution in [1.29, 1.82) is 5.26 Å². The third kappa shape index (κ3) is 2.99. The van der Waals surface area contributed by atoms with E-state index in [2.05, 4.69) is 10.4 Å². The second-order valence-electron chi connectivity index (χ2n) is 7.31. The summed E-state index contributed by atoms with van der Waals surface area (Å²) >= 11 is 19.3. The monoisotopic (exact) mass is 489 g/mol. The fourth-order valence-electron chi connectivity index (χ4n) is 3.69. The molecule has 32 heavy (non-hydrogen) atoms. The van der Waals surface area contributed by atoms with E-state index in [1.54, 1.807) is 18.2 Å². The molecule has 0 saturated heterocycles. The highest BCUT2D eigenvalue weighted by molar-refractivity contribution is 6.38. The van der Waals surface area contributed by atoms with Crippen LogP contribution in [-0.2, 0) is 10.2 Å². The number of nitriles is 1. The van der Waals surface area contributed by atoms with Gasteiger partial charge in [0.05, 0.1) is 26.2 Å². The summed E-state index contributed by atoms with van der Waals surface area (Å²) in [6.07, 6.45) is 1.41. The molecule has 2 heterocycles. The number of fused-ring (bicyclic) bond motifs is 2. The third-order valence-electron chi connectivity index (χ3n) is 5.39. The van der Waals surface area contributed by atoms with Gasteiger partial charge in [0.1, 0.15) is 11.8 Å². The smallest absolute Gasteiger partial charge is 0.349 e. The number of amides is 1. The summed E-state index contributed by atoms with van der Waals surface area (Å²) < 4.78 is 6.67. The Morgan fingerprint density at radius 1 is 1.12 bits per heavy atom. The molecule has 2 aromatic carbocycles. The predicted octanol–water partition coefficient (Wildman–Crippen LogP) is 3.53. The van der Waals surface area contributed by atoms with E-state index in [0.717, 1.165) is 4.68 Å². The van der Waals surface area contributed by atoms with Crippen molar-refractivity contribution in [2.75, 3.05) is 5.32 Å². The number of halogens is 3. The lowest BCUT2D eigenvalue weighted by Gasteiger charge is -2.15. The van der Waals surface area contributed by atoms with Gasteiger partial charge >= 0.3 is 5.69 Å². The summed E-state index contributed by atoms with van der Waals surface area (Å²) in [7, 11) is 0. The summed E-state index contributed by atoms with van der Waals surface area (Å²) in [4.78, 5) is 38.0.